The fourth-order valence-corrected chi connectivity index (χ4v) is 2.89. The Morgan fingerprint density at radius 2 is 1.96 bits per heavy atom. The second-order valence-electron chi connectivity index (χ2n) is 6.29. The zero-order chi connectivity index (χ0) is 17.1. The fraction of sp³-hybridized carbons (Fsp3) is 0.471. The van der Waals surface area contributed by atoms with Crippen LogP contribution in [-0.2, 0) is 6.42 Å². The van der Waals surface area contributed by atoms with Gasteiger partial charge in [0, 0.05) is 39.5 Å². The van der Waals surface area contributed by atoms with Crippen LogP contribution in [0.1, 0.15) is 36.0 Å². The van der Waals surface area contributed by atoms with E-state index in [0.29, 0.717) is 31.2 Å². The topological polar surface area (TPSA) is 62.5 Å². The smallest absolute Gasteiger partial charge is 0.319 e. The zero-order valence-corrected chi connectivity index (χ0v) is 13.9. The molecule has 0 aliphatic carbocycles. The Morgan fingerprint density at radius 3 is 2.58 bits per heavy atom. The highest BCUT2D eigenvalue weighted by molar-refractivity contribution is 5.73. The molecule has 0 spiro atoms. The van der Waals surface area contributed by atoms with E-state index in [1.807, 2.05) is 4.90 Å². The minimum absolute atomic E-state index is 0.0379. The summed E-state index contributed by atoms with van der Waals surface area (Å²) in [6.07, 6.45) is 2.15. The molecule has 1 fully saturated rings. The van der Waals surface area contributed by atoms with Gasteiger partial charge in [-0.05, 0) is 30.5 Å². The van der Waals surface area contributed by atoms with Gasteiger partial charge in [-0.2, -0.15) is 4.98 Å². The standard InChI is InChI=1S/C17H21FN4O2/c1-21(2)17(23)22-9-7-13(8-10-22)16-19-15(20-24-16)11-12-3-5-14(18)6-4-12/h3-6,13H,7-11H2,1-2H3. The molecular formula is C17H21FN4O2. The van der Waals surface area contributed by atoms with Gasteiger partial charge in [-0.3, -0.25) is 0 Å². The Bertz CT molecular complexity index is 691. The maximum atomic E-state index is 12.9. The van der Waals surface area contributed by atoms with E-state index in [4.69, 9.17) is 4.52 Å². The predicted molar refractivity (Wildman–Crippen MR) is 86.1 cm³/mol. The van der Waals surface area contributed by atoms with Crippen molar-refractivity contribution in [1.29, 1.82) is 0 Å². The first-order valence-electron chi connectivity index (χ1n) is 8.06. The number of amides is 2. The number of rotatable bonds is 3. The largest absolute Gasteiger partial charge is 0.339 e. The lowest BCUT2D eigenvalue weighted by molar-refractivity contribution is 0.152. The van der Waals surface area contributed by atoms with Crippen molar-refractivity contribution in [2.75, 3.05) is 27.2 Å². The predicted octanol–water partition coefficient (Wildman–Crippen LogP) is 2.66. The van der Waals surface area contributed by atoms with Gasteiger partial charge in [0.2, 0.25) is 5.89 Å². The second-order valence-corrected chi connectivity index (χ2v) is 6.29. The van der Waals surface area contributed by atoms with E-state index in [2.05, 4.69) is 10.1 Å². The number of piperidine rings is 1. The lowest BCUT2D eigenvalue weighted by Crippen LogP contribution is -2.43. The number of halogens is 1. The summed E-state index contributed by atoms with van der Waals surface area (Å²) in [4.78, 5) is 19.8. The van der Waals surface area contributed by atoms with Gasteiger partial charge in [0.25, 0.3) is 0 Å². The average molecular weight is 332 g/mol. The molecular weight excluding hydrogens is 311 g/mol. The van der Waals surface area contributed by atoms with E-state index in [9.17, 15) is 9.18 Å². The highest BCUT2D eigenvalue weighted by Crippen LogP contribution is 2.27. The van der Waals surface area contributed by atoms with Crippen LogP contribution in [0, 0.1) is 5.82 Å². The summed E-state index contributed by atoms with van der Waals surface area (Å²) in [5.41, 5.74) is 0.940. The number of carbonyl (C=O) groups is 1. The van der Waals surface area contributed by atoms with Gasteiger partial charge in [0.1, 0.15) is 5.82 Å². The van der Waals surface area contributed by atoms with Gasteiger partial charge in [-0.15, -0.1) is 0 Å². The Kier molecular flexibility index (Phi) is 4.78. The number of nitrogens with zero attached hydrogens (tertiary/aromatic N) is 4. The summed E-state index contributed by atoms with van der Waals surface area (Å²) in [6, 6.07) is 6.32. The minimum Gasteiger partial charge on any atom is -0.339 e. The third-order valence-corrected chi connectivity index (χ3v) is 4.26. The van der Waals surface area contributed by atoms with E-state index in [1.165, 1.54) is 12.1 Å². The van der Waals surface area contributed by atoms with Crippen LogP contribution >= 0.6 is 0 Å². The Balaban J connectivity index is 1.58. The molecule has 7 heteroatoms. The van der Waals surface area contributed by atoms with Crippen LogP contribution < -0.4 is 0 Å². The first-order chi connectivity index (χ1) is 11.5. The first kappa shape index (κ1) is 16.4. The summed E-state index contributed by atoms with van der Waals surface area (Å²) >= 11 is 0. The number of aromatic nitrogens is 2. The SMILES string of the molecule is CN(C)C(=O)N1CCC(c2nc(Cc3ccc(F)cc3)no2)CC1. The molecule has 0 N–H and O–H groups in total. The zero-order valence-electron chi connectivity index (χ0n) is 13.9. The van der Waals surface area contributed by atoms with Crippen LogP contribution in [0.15, 0.2) is 28.8 Å². The highest BCUT2D eigenvalue weighted by atomic mass is 19.1. The molecule has 1 aromatic carbocycles. The number of urea groups is 1. The van der Waals surface area contributed by atoms with Crippen LogP contribution in [0.2, 0.25) is 0 Å². The third-order valence-electron chi connectivity index (χ3n) is 4.26. The third kappa shape index (κ3) is 3.72. The van der Waals surface area contributed by atoms with Gasteiger partial charge in [0.05, 0.1) is 0 Å². The molecule has 3 rings (SSSR count). The first-order valence-corrected chi connectivity index (χ1v) is 8.06. The van der Waals surface area contributed by atoms with Gasteiger partial charge < -0.3 is 14.3 Å². The normalized spacial score (nSPS) is 15.5. The van der Waals surface area contributed by atoms with Crippen molar-refractivity contribution in [3.8, 4) is 0 Å². The molecule has 2 aromatic rings. The summed E-state index contributed by atoms with van der Waals surface area (Å²) in [5, 5.41) is 4.02. The van der Waals surface area contributed by atoms with Crippen molar-refractivity contribution >= 4 is 6.03 Å². The van der Waals surface area contributed by atoms with Crippen molar-refractivity contribution in [2.45, 2.75) is 25.2 Å². The minimum atomic E-state index is -0.258. The number of hydrogen-bond acceptors (Lipinski definition) is 4. The van der Waals surface area contributed by atoms with E-state index >= 15 is 0 Å². The van der Waals surface area contributed by atoms with Crippen LogP contribution in [-0.4, -0.2) is 53.2 Å². The molecule has 0 unspecified atom stereocenters. The summed E-state index contributed by atoms with van der Waals surface area (Å²) in [5.74, 6) is 1.16. The maximum absolute atomic E-state index is 12.9. The molecule has 128 valence electrons. The Labute approximate surface area is 140 Å². The van der Waals surface area contributed by atoms with E-state index < -0.39 is 0 Å². The number of likely N-dealkylation sites (tertiary alicyclic amines) is 1. The molecule has 0 saturated carbocycles. The Hall–Kier alpha value is -2.44. The molecule has 2 heterocycles. The average Bonchev–Trinajstić information content (AvgIpc) is 3.05. The molecule has 0 bridgehead atoms. The quantitative estimate of drug-likeness (QED) is 0.867. The second kappa shape index (κ2) is 6.98. The molecule has 24 heavy (non-hydrogen) atoms. The van der Waals surface area contributed by atoms with Gasteiger partial charge in [0.15, 0.2) is 5.82 Å². The summed E-state index contributed by atoms with van der Waals surface area (Å²) in [6.45, 7) is 1.38. The Morgan fingerprint density at radius 1 is 1.29 bits per heavy atom. The summed E-state index contributed by atoms with van der Waals surface area (Å²) in [7, 11) is 3.52. The van der Waals surface area contributed by atoms with Crippen molar-refractivity contribution in [1.82, 2.24) is 19.9 Å². The van der Waals surface area contributed by atoms with Crippen LogP contribution in [0.3, 0.4) is 0 Å². The summed E-state index contributed by atoms with van der Waals surface area (Å²) < 4.78 is 18.3. The van der Waals surface area contributed by atoms with E-state index in [0.717, 1.165) is 18.4 Å². The van der Waals surface area contributed by atoms with Crippen LogP contribution in [0.25, 0.3) is 0 Å². The molecule has 1 aromatic heterocycles. The fourth-order valence-electron chi connectivity index (χ4n) is 2.89. The van der Waals surface area contributed by atoms with Gasteiger partial charge in [-0.1, -0.05) is 17.3 Å². The van der Waals surface area contributed by atoms with Gasteiger partial charge >= 0.3 is 6.03 Å². The molecule has 2 amide bonds. The van der Waals surface area contributed by atoms with Crippen molar-refractivity contribution in [2.24, 2.45) is 0 Å². The molecule has 6 nitrogen and oxygen atoms in total. The number of carbonyl (C=O) groups excluding carboxylic acids is 1. The highest BCUT2D eigenvalue weighted by Gasteiger charge is 2.28. The monoisotopic (exact) mass is 332 g/mol. The molecule has 1 saturated heterocycles. The van der Waals surface area contributed by atoms with E-state index in [1.54, 1.807) is 31.1 Å². The van der Waals surface area contributed by atoms with Crippen LogP contribution in [0.5, 0.6) is 0 Å². The number of hydrogen-bond donors (Lipinski definition) is 0. The maximum Gasteiger partial charge on any atom is 0.319 e. The lowest BCUT2D eigenvalue weighted by Gasteiger charge is -2.32. The van der Waals surface area contributed by atoms with Crippen molar-refractivity contribution < 1.29 is 13.7 Å². The lowest BCUT2D eigenvalue weighted by atomic mass is 9.97. The molecule has 1 aliphatic rings. The molecule has 0 radical (unpaired) electrons. The van der Waals surface area contributed by atoms with Crippen molar-refractivity contribution in [3.05, 3.63) is 47.4 Å². The van der Waals surface area contributed by atoms with E-state index in [-0.39, 0.29) is 17.8 Å². The molecule has 1 aliphatic heterocycles. The van der Waals surface area contributed by atoms with Crippen LogP contribution in [0.4, 0.5) is 9.18 Å². The number of benzene rings is 1. The molecule has 0 atom stereocenters. The van der Waals surface area contributed by atoms with Gasteiger partial charge in [-0.25, -0.2) is 9.18 Å². The van der Waals surface area contributed by atoms with Crippen molar-refractivity contribution in [3.63, 3.8) is 0 Å².